The van der Waals surface area contributed by atoms with Crippen LogP contribution in [0, 0.1) is 11.3 Å². The van der Waals surface area contributed by atoms with Crippen molar-refractivity contribution in [2.24, 2.45) is 0 Å². The third-order valence-electron chi connectivity index (χ3n) is 1.12. The van der Waals surface area contributed by atoms with Crippen LogP contribution in [-0.2, 0) is 0 Å². The standard InChI is InChI=1S/C7H4BrFN2/c8-5-1-2-7(11-4-5)6(9)3-10/h1-2,4,6H/t6-/m1/s1. The van der Waals surface area contributed by atoms with Crippen LogP contribution in [0.1, 0.15) is 11.9 Å². The van der Waals surface area contributed by atoms with Crippen molar-refractivity contribution in [2.75, 3.05) is 0 Å². The van der Waals surface area contributed by atoms with Crippen molar-refractivity contribution in [1.82, 2.24) is 4.98 Å². The van der Waals surface area contributed by atoms with Crippen LogP contribution in [-0.4, -0.2) is 4.98 Å². The summed E-state index contributed by atoms with van der Waals surface area (Å²) in [7, 11) is 0. The Morgan fingerprint density at radius 3 is 2.82 bits per heavy atom. The molecule has 1 aromatic heterocycles. The molecule has 1 aromatic rings. The van der Waals surface area contributed by atoms with Gasteiger partial charge in [-0.2, -0.15) is 5.26 Å². The number of nitriles is 1. The van der Waals surface area contributed by atoms with Crippen molar-refractivity contribution < 1.29 is 4.39 Å². The number of nitrogens with zero attached hydrogens (tertiary/aromatic N) is 2. The fraction of sp³-hybridized carbons (Fsp3) is 0.143. The SMILES string of the molecule is N#C[C@@H](F)c1ccc(Br)cn1. The molecular weight excluding hydrogens is 211 g/mol. The van der Waals surface area contributed by atoms with E-state index in [0.717, 1.165) is 4.47 Å². The lowest BCUT2D eigenvalue weighted by atomic mass is 10.3. The van der Waals surface area contributed by atoms with Gasteiger partial charge in [0.05, 0.1) is 5.69 Å². The first-order chi connectivity index (χ1) is 5.24. The topological polar surface area (TPSA) is 36.7 Å². The molecule has 0 saturated heterocycles. The van der Waals surface area contributed by atoms with Crippen molar-refractivity contribution >= 4 is 15.9 Å². The summed E-state index contributed by atoms with van der Waals surface area (Å²) in [4.78, 5) is 3.70. The number of pyridine rings is 1. The van der Waals surface area contributed by atoms with Crippen LogP contribution in [0.25, 0.3) is 0 Å². The summed E-state index contributed by atoms with van der Waals surface area (Å²) >= 11 is 3.15. The highest BCUT2D eigenvalue weighted by atomic mass is 79.9. The maximum atomic E-state index is 12.6. The van der Waals surface area contributed by atoms with Gasteiger partial charge in [0.2, 0.25) is 6.17 Å². The smallest absolute Gasteiger partial charge is 0.227 e. The van der Waals surface area contributed by atoms with Crippen LogP contribution in [0.2, 0.25) is 0 Å². The van der Waals surface area contributed by atoms with Gasteiger partial charge in [-0.25, -0.2) is 4.39 Å². The van der Waals surface area contributed by atoms with Gasteiger partial charge in [-0.1, -0.05) is 0 Å². The molecule has 11 heavy (non-hydrogen) atoms. The normalized spacial score (nSPS) is 12.1. The lowest BCUT2D eigenvalue weighted by Gasteiger charge is -1.96. The molecule has 1 atom stereocenters. The Hall–Kier alpha value is -0.950. The second-order valence-electron chi connectivity index (χ2n) is 1.89. The van der Waals surface area contributed by atoms with Gasteiger partial charge < -0.3 is 0 Å². The molecule has 0 aliphatic heterocycles. The Labute approximate surface area is 71.8 Å². The third-order valence-corrected chi connectivity index (χ3v) is 1.59. The van der Waals surface area contributed by atoms with E-state index in [0.29, 0.717) is 0 Å². The number of halogens is 2. The van der Waals surface area contributed by atoms with E-state index in [1.54, 1.807) is 6.07 Å². The van der Waals surface area contributed by atoms with E-state index in [1.165, 1.54) is 18.3 Å². The molecule has 2 nitrogen and oxygen atoms in total. The van der Waals surface area contributed by atoms with Gasteiger partial charge in [0, 0.05) is 10.7 Å². The van der Waals surface area contributed by atoms with E-state index in [4.69, 9.17) is 5.26 Å². The van der Waals surface area contributed by atoms with Crippen LogP contribution in [0.3, 0.4) is 0 Å². The van der Waals surface area contributed by atoms with Gasteiger partial charge in [0.1, 0.15) is 6.07 Å². The van der Waals surface area contributed by atoms with Gasteiger partial charge in [-0.15, -0.1) is 0 Å². The van der Waals surface area contributed by atoms with Crippen molar-refractivity contribution in [2.45, 2.75) is 6.17 Å². The van der Waals surface area contributed by atoms with E-state index in [-0.39, 0.29) is 5.69 Å². The van der Waals surface area contributed by atoms with E-state index >= 15 is 0 Å². The molecule has 1 heterocycles. The monoisotopic (exact) mass is 214 g/mol. The molecular formula is C7H4BrFN2. The minimum absolute atomic E-state index is 0.149. The Balaban J connectivity index is 2.92. The zero-order valence-electron chi connectivity index (χ0n) is 5.46. The minimum atomic E-state index is -1.62. The first kappa shape index (κ1) is 8.15. The van der Waals surface area contributed by atoms with Crippen LogP contribution >= 0.6 is 15.9 Å². The number of hydrogen-bond donors (Lipinski definition) is 0. The van der Waals surface area contributed by atoms with Crippen molar-refractivity contribution in [3.8, 4) is 6.07 Å². The average Bonchev–Trinajstić information content (AvgIpc) is 2.05. The molecule has 0 fully saturated rings. The highest BCUT2D eigenvalue weighted by Crippen LogP contribution is 2.15. The van der Waals surface area contributed by atoms with Gasteiger partial charge in [-0.05, 0) is 28.1 Å². The highest BCUT2D eigenvalue weighted by molar-refractivity contribution is 9.10. The second-order valence-corrected chi connectivity index (χ2v) is 2.81. The van der Waals surface area contributed by atoms with Crippen LogP contribution < -0.4 is 0 Å². The summed E-state index contributed by atoms with van der Waals surface area (Å²) in [6.45, 7) is 0. The van der Waals surface area contributed by atoms with Gasteiger partial charge in [-0.3, -0.25) is 4.98 Å². The van der Waals surface area contributed by atoms with Crippen molar-refractivity contribution in [3.05, 3.63) is 28.5 Å². The Morgan fingerprint density at radius 2 is 2.36 bits per heavy atom. The first-order valence-corrected chi connectivity index (χ1v) is 3.68. The number of alkyl halides is 1. The van der Waals surface area contributed by atoms with E-state index in [9.17, 15) is 4.39 Å². The molecule has 0 N–H and O–H groups in total. The van der Waals surface area contributed by atoms with Crippen LogP contribution in [0.4, 0.5) is 4.39 Å². The largest absolute Gasteiger partial charge is 0.256 e. The zero-order valence-corrected chi connectivity index (χ0v) is 7.05. The number of rotatable bonds is 1. The van der Waals surface area contributed by atoms with Gasteiger partial charge in [0.25, 0.3) is 0 Å². The predicted octanol–water partition coefficient (Wildman–Crippen LogP) is 2.38. The van der Waals surface area contributed by atoms with Gasteiger partial charge in [0.15, 0.2) is 0 Å². The summed E-state index contributed by atoms with van der Waals surface area (Å²) in [6.07, 6.45) is -0.165. The summed E-state index contributed by atoms with van der Waals surface area (Å²) in [6, 6.07) is 4.57. The third kappa shape index (κ3) is 1.99. The number of hydrogen-bond acceptors (Lipinski definition) is 2. The fourth-order valence-electron chi connectivity index (χ4n) is 0.603. The molecule has 4 heteroatoms. The number of aromatic nitrogens is 1. The minimum Gasteiger partial charge on any atom is -0.256 e. The fourth-order valence-corrected chi connectivity index (χ4v) is 0.838. The molecule has 0 spiro atoms. The quantitative estimate of drug-likeness (QED) is 0.720. The van der Waals surface area contributed by atoms with E-state index < -0.39 is 6.17 Å². The lowest BCUT2D eigenvalue weighted by molar-refractivity contribution is 0.415. The Kier molecular flexibility index (Phi) is 2.55. The van der Waals surface area contributed by atoms with E-state index in [2.05, 4.69) is 20.9 Å². The first-order valence-electron chi connectivity index (χ1n) is 2.89. The van der Waals surface area contributed by atoms with Crippen LogP contribution in [0.5, 0.6) is 0 Å². The second kappa shape index (κ2) is 3.44. The van der Waals surface area contributed by atoms with Crippen molar-refractivity contribution in [1.29, 1.82) is 5.26 Å². The molecule has 0 aliphatic rings. The molecule has 0 amide bonds. The van der Waals surface area contributed by atoms with Crippen molar-refractivity contribution in [3.63, 3.8) is 0 Å². The summed E-state index contributed by atoms with van der Waals surface area (Å²) < 4.78 is 13.3. The Morgan fingerprint density at radius 1 is 1.64 bits per heavy atom. The summed E-state index contributed by atoms with van der Waals surface area (Å²) in [5.41, 5.74) is 0.149. The summed E-state index contributed by atoms with van der Waals surface area (Å²) in [5.74, 6) is 0. The molecule has 56 valence electrons. The summed E-state index contributed by atoms with van der Waals surface area (Å²) in [5, 5.41) is 8.18. The predicted molar refractivity (Wildman–Crippen MR) is 41.4 cm³/mol. The maximum Gasteiger partial charge on any atom is 0.227 e. The average molecular weight is 215 g/mol. The van der Waals surface area contributed by atoms with Gasteiger partial charge >= 0.3 is 0 Å². The molecule has 0 radical (unpaired) electrons. The molecule has 0 aliphatic carbocycles. The molecule has 0 saturated carbocycles. The molecule has 1 rings (SSSR count). The zero-order chi connectivity index (χ0) is 8.27. The van der Waals surface area contributed by atoms with E-state index in [1.807, 2.05) is 0 Å². The molecule has 0 bridgehead atoms. The molecule has 0 unspecified atom stereocenters. The maximum absolute atomic E-state index is 12.6. The highest BCUT2D eigenvalue weighted by Gasteiger charge is 2.07. The van der Waals surface area contributed by atoms with Crippen LogP contribution in [0.15, 0.2) is 22.8 Å². The Bertz CT molecular complexity index is 277. The lowest BCUT2D eigenvalue weighted by Crippen LogP contribution is -1.90. The molecule has 0 aromatic carbocycles.